The average Bonchev–Trinajstić information content (AvgIpc) is 3.09. The van der Waals surface area contributed by atoms with Crippen molar-refractivity contribution in [2.45, 2.75) is 46.3 Å². The largest absolute Gasteiger partial charge is 0.375 e. The number of benzene rings is 1. The highest BCUT2D eigenvalue weighted by Gasteiger charge is 2.21. The maximum atomic E-state index is 5.67. The van der Waals surface area contributed by atoms with E-state index in [4.69, 9.17) is 9.26 Å². The topological polar surface area (TPSA) is 84.6 Å². The molecule has 0 atom stereocenters. The number of guanidine groups is 1. The van der Waals surface area contributed by atoms with Crippen LogP contribution in [0, 0.1) is 0 Å². The fourth-order valence-electron chi connectivity index (χ4n) is 2.12. The third-order valence-corrected chi connectivity index (χ3v) is 3.48. The lowest BCUT2D eigenvalue weighted by molar-refractivity contribution is 0.125. The molecular formula is C19H30IN5O2. The van der Waals surface area contributed by atoms with Gasteiger partial charge in [-0.15, -0.1) is 24.0 Å². The predicted molar refractivity (Wildman–Crippen MR) is 117 cm³/mol. The molecule has 1 heterocycles. The van der Waals surface area contributed by atoms with Crippen LogP contribution in [0.4, 0.5) is 0 Å². The van der Waals surface area contributed by atoms with E-state index in [0.717, 1.165) is 6.54 Å². The van der Waals surface area contributed by atoms with Crippen LogP contribution in [-0.4, -0.2) is 35.8 Å². The van der Waals surface area contributed by atoms with Crippen LogP contribution in [0.2, 0.25) is 0 Å². The van der Waals surface area contributed by atoms with E-state index < -0.39 is 0 Å². The highest BCUT2D eigenvalue weighted by Crippen LogP contribution is 2.19. The number of halogens is 1. The van der Waals surface area contributed by atoms with E-state index in [9.17, 15) is 0 Å². The molecule has 27 heavy (non-hydrogen) atoms. The molecule has 0 aliphatic rings. The molecule has 7 nitrogen and oxygen atoms in total. The summed E-state index contributed by atoms with van der Waals surface area (Å²) in [6.45, 7) is 11.1. The Balaban J connectivity index is 0.00000364. The second-order valence-electron chi connectivity index (χ2n) is 6.93. The summed E-state index contributed by atoms with van der Waals surface area (Å²) in [5, 5.41) is 10.4. The van der Waals surface area contributed by atoms with Gasteiger partial charge in [-0.05, 0) is 12.5 Å². The third-order valence-electron chi connectivity index (χ3n) is 3.48. The van der Waals surface area contributed by atoms with Crippen molar-refractivity contribution in [3.05, 3.63) is 47.6 Å². The molecule has 0 unspecified atom stereocenters. The molecule has 1 aromatic carbocycles. The Morgan fingerprint density at radius 3 is 2.56 bits per heavy atom. The van der Waals surface area contributed by atoms with Crippen molar-refractivity contribution < 1.29 is 9.26 Å². The maximum absolute atomic E-state index is 5.67. The molecule has 0 amide bonds. The van der Waals surface area contributed by atoms with Crippen LogP contribution >= 0.6 is 24.0 Å². The van der Waals surface area contributed by atoms with Crippen molar-refractivity contribution in [3.63, 3.8) is 0 Å². The molecule has 0 fully saturated rings. The zero-order chi connectivity index (χ0) is 18.8. The lowest BCUT2D eigenvalue weighted by atomic mass is 9.97. The van der Waals surface area contributed by atoms with Gasteiger partial charge in [0.15, 0.2) is 11.8 Å². The van der Waals surface area contributed by atoms with Gasteiger partial charge in [-0.3, -0.25) is 0 Å². The fraction of sp³-hybridized carbons (Fsp3) is 0.526. The Morgan fingerprint density at radius 1 is 1.19 bits per heavy atom. The number of aliphatic imine (C=N–C) groups is 1. The van der Waals surface area contributed by atoms with E-state index in [1.54, 1.807) is 0 Å². The predicted octanol–water partition coefficient (Wildman–Crippen LogP) is 3.26. The van der Waals surface area contributed by atoms with Gasteiger partial charge in [-0.25, -0.2) is 4.99 Å². The SMILES string of the molecule is CCNC(=NCc1noc(C(C)(C)C)n1)NCCOCc1ccccc1.I. The van der Waals surface area contributed by atoms with E-state index in [-0.39, 0.29) is 29.4 Å². The molecule has 0 aliphatic carbocycles. The lowest BCUT2D eigenvalue weighted by Crippen LogP contribution is -2.39. The first kappa shape index (κ1) is 23.4. The van der Waals surface area contributed by atoms with E-state index in [1.807, 2.05) is 45.9 Å². The van der Waals surface area contributed by atoms with Crippen LogP contribution < -0.4 is 10.6 Å². The normalized spacial score (nSPS) is 11.8. The van der Waals surface area contributed by atoms with Crippen LogP contribution in [0.3, 0.4) is 0 Å². The quantitative estimate of drug-likeness (QED) is 0.258. The molecule has 0 saturated heterocycles. The number of rotatable bonds is 8. The molecule has 0 radical (unpaired) electrons. The average molecular weight is 487 g/mol. The van der Waals surface area contributed by atoms with Crippen LogP contribution in [0.25, 0.3) is 0 Å². The summed E-state index contributed by atoms with van der Waals surface area (Å²) in [5.41, 5.74) is 1.01. The van der Waals surface area contributed by atoms with Crippen LogP contribution in [0.5, 0.6) is 0 Å². The van der Waals surface area contributed by atoms with E-state index in [0.29, 0.717) is 44.0 Å². The van der Waals surface area contributed by atoms with Gasteiger partial charge in [0.2, 0.25) is 5.89 Å². The number of ether oxygens (including phenoxy) is 1. The zero-order valence-corrected chi connectivity index (χ0v) is 18.8. The smallest absolute Gasteiger partial charge is 0.232 e. The fourth-order valence-corrected chi connectivity index (χ4v) is 2.12. The van der Waals surface area contributed by atoms with E-state index in [1.165, 1.54) is 5.56 Å². The van der Waals surface area contributed by atoms with Gasteiger partial charge in [0.1, 0.15) is 6.54 Å². The first-order valence-electron chi connectivity index (χ1n) is 8.96. The first-order valence-corrected chi connectivity index (χ1v) is 8.96. The Kier molecular flexibility index (Phi) is 10.3. The summed E-state index contributed by atoms with van der Waals surface area (Å²) < 4.78 is 11.0. The number of nitrogens with zero attached hydrogens (tertiary/aromatic N) is 3. The van der Waals surface area contributed by atoms with Crippen molar-refractivity contribution in [1.29, 1.82) is 0 Å². The van der Waals surface area contributed by atoms with Crippen LogP contribution in [0.1, 0.15) is 45.0 Å². The van der Waals surface area contributed by atoms with Crippen molar-refractivity contribution in [1.82, 2.24) is 20.8 Å². The second-order valence-corrected chi connectivity index (χ2v) is 6.93. The molecule has 0 saturated carbocycles. The highest BCUT2D eigenvalue weighted by atomic mass is 127. The summed E-state index contributed by atoms with van der Waals surface area (Å²) in [6, 6.07) is 10.1. The highest BCUT2D eigenvalue weighted by molar-refractivity contribution is 14.0. The van der Waals surface area contributed by atoms with Gasteiger partial charge in [0, 0.05) is 18.5 Å². The Labute approximate surface area is 178 Å². The summed E-state index contributed by atoms with van der Waals surface area (Å²) in [6.07, 6.45) is 0. The first-order chi connectivity index (χ1) is 12.5. The monoisotopic (exact) mass is 487 g/mol. The Morgan fingerprint density at radius 2 is 1.93 bits per heavy atom. The number of aromatic nitrogens is 2. The summed E-state index contributed by atoms with van der Waals surface area (Å²) in [4.78, 5) is 8.88. The third kappa shape index (κ3) is 8.70. The molecule has 2 N–H and O–H groups in total. The van der Waals surface area contributed by atoms with Crippen molar-refractivity contribution in [2.24, 2.45) is 4.99 Å². The molecule has 2 rings (SSSR count). The van der Waals surface area contributed by atoms with Crippen molar-refractivity contribution in [2.75, 3.05) is 19.7 Å². The number of nitrogens with one attached hydrogen (secondary N) is 2. The molecule has 1 aromatic heterocycles. The van der Waals surface area contributed by atoms with Crippen molar-refractivity contribution in [3.8, 4) is 0 Å². The standard InChI is InChI=1S/C19H29N5O2.HI/c1-5-20-18(21-11-12-25-14-15-9-7-6-8-10-15)22-13-16-23-17(26-24-16)19(2,3)4;/h6-10H,5,11-14H2,1-4H3,(H2,20,21,22);1H. The molecule has 150 valence electrons. The second kappa shape index (κ2) is 11.9. The maximum Gasteiger partial charge on any atom is 0.232 e. The Hall–Kier alpha value is -1.68. The molecule has 0 spiro atoms. The van der Waals surface area contributed by atoms with Crippen LogP contribution in [-0.2, 0) is 23.3 Å². The Bertz CT molecular complexity index is 683. The van der Waals surface area contributed by atoms with E-state index >= 15 is 0 Å². The molecule has 8 heteroatoms. The zero-order valence-electron chi connectivity index (χ0n) is 16.5. The molecule has 2 aromatic rings. The van der Waals surface area contributed by atoms with Gasteiger partial charge < -0.3 is 19.9 Å². The van der Waals surface area contributed by atoms with Gasteiger partial charge in [0.05, 0.1) is 13.2 Å². The number of hydrogen-bond acceptors (Lipinski definition) is 5. The lowest BCUT2D eigenvalue weighted by Gasteiger charge is -2.11. The summed E-state index contributed by atoms with van der Waals surface area (Å²) in [7, 11) is 0. The molecular weight excluding hydrogens is 457 g/mol. The van der Waals surface area contributed by atoms with E-state index in [2.05, 4.69) is 37.9 Å². The van der Waals surface area contributed by atoms with Gasteiger partial charge in [0.25, 0.3) is 0 Å². The summed E-state index contributed by atoms with van der Waals surface area (Å²) in [5.74, 6) is 1.90. The molecule has 0 aliphatic heterocycles. The summed E-state index contributed by atoms with van der Waals surface area (Å²) >= 11 is 0. The van der Waals surface area contributed by atoms with Gasteiger partial charge in [-0.2, -0.15) is 4.98 Å². The minimum Gasteiger partial charge on any atom is -0.375 e. The molecule has 0 bridgehead atoms. The minimum atomic E-state index is -0.159. The van der Waals surface area contributed by atoms with Crippen LogP contribution in [0.15, 0.2) is 39.8 Å². The van der Waals surface area contributed by atoms with Gasteiger partial charge >= 0.3 is 0 Å². The van der Waals surface area contributed by atoms with Crippen molar-refractivity contribution >= 4 is 29.9 Å². The minimum absolute atomic E-state index is 0. The number of hydrogen-bond donors (Lipinski definition) is 2. The van der Waals surface area contributed by atoms with Gasteiger partial charge in [-0.1, -0.05) is 56.3 Å².